The monoisotopic (exact) mass is 172 g/mol. The molecule has 12 heavy (non-hydrogen) atoms. The van der Waals surface area contributed by atoms with Crippen molar-refractivity contribution in [2.24, 2.45) is 0 Å². The number of nitrogens with one attached hydrogen (secondary N) is 1. The molecule has 0 spiro atoms. The summed E-state index contributed by atoms with van der Waals surface area (Å²) in [5, 5.41) is 12.4. The largest absolute Gasteiger partial charge is 0.390 e. The van der Waals surface area contributed by atoms with Crippen molar-refractivity contribution in [1.82, 2.24) is 10.2 Å². The van der Waals surface area contributed by atoms with E-state index in [2.05, 4.69) is 24.1 Å². The van der Waals surface area contributed by atoms with Gasteiger partial charge in [-0.25, -0.2) is 0 Å². The molecule has 1 fully saturated rings. The summed E-state index contributed by atoms with van der Waals surface area (Å²) in [5.74, 6) is 0. The van der Waals surface area contributed by atoms with E-state index in [0.29, 0.717) is 6.04 Å². The van der Waals surface area contributed by atoms with Gasteiger partial charge in [-0.2, -0.15) is 0 Å². The highest BCUT2D eigenvalue weighted by Crippen LogP contribution is 2.05. The molecular formula is C9H20N2O. The Balaban J connectivity index is 1.95. The number of hydrogen-bond donors (Lipinski definition) is 2. The topological polar surface area (TPSA) is 35.5 Å². The number of likely N-dealkylation sites (tertiary alicyclic amines) is 1. The fraction of sp³-hybridized carbons (Fsp3) is 1.00. The summed E-state index contributed by atoms with van der Waals surface area (Å²) < 4.78 is 0. The van der Waals surface area contributed by atoms with Crippen molar-refractivity contribution in [1.29, 1.82) is 0 Å². The van der Waals surface area contributed by atoms with Crippen molar-refractivity contribution < 1.29 is 5.11 Å². The standard InChI is InChI=1S/C9H20N2O/c1-3-4-8(2)10-7-11-5-9(12)6-11/h8-10,12H,3-7H2,1-2H3. The van der Waals surface area contributed by atoms with E-state index in [1.54, 1.807) is 0 Å². The number of aliphatic hydroxyl groups is 1. The zero-order valence-electron chi connectivity index (χ0n) is 8.08. The molecule has 1 heterocycles. The normalized spacial score (nSPS) is 22.2. The maximum atomic E-state index is 9.02. The van der Waals surface area contributed by atoms with E-state index in [9.17, 15) is 0 Å². The van der Waals surface area contributed by atoms with E-state index in [1.165, 1.54) is 12.8 Å². The summed E-state index contributed by atoms with van der Waals surface area (Å²) in [4.78, 5) is 2.22. The molecule has 3 heteroatoms. The quantitative estimate of drug-likeness (QED) is 0.630. The molecule has 1 saturated heterocycles. The van der Waals surface area contributed by atoms with Gasteiger partial charge in [-0.15, -0.1) is 0 Å². The second-order valence-corrected chi connectivity index (χ2v) is 3.74. The van der Waals surface area contributed by atoms with Crippen LogP contribution in [0.2, 0.25) is 0 Å². The SMILES string of the molecule is CCCC(C)NCN1CC(O)C1. The molecule has 0 amide bonds. The first-order valence-electron chi connectivity index (χ1n) is 4.86. The van der Waals surface area contributed by atoms with Gasteiger partial charge in [0, 0.05) is 25.8 Å². The van der Waals surface area contributed by atoms with Gasteiger partial charge in [0.1, 0.15) is 0 Å². The van der Waals surface area contributed by atoms with Gasteiger partial charge in [0.15, 0.2) is 0 Å². The molecule has 72 valence electrons. The van der Waals surface area contributed by atoms with Gasteiger partial charge in [0.05, 0.1) is 6.10 Å². The second kappa shape index (κ2) is 4.80. The van der Waals surface area contributed by atoms with Crippen LogP contribution in [0.1, 0.15) is 26.7 Å². The lowest BCUT2D eigenvalue weighted by atomic mass is 10.2. The van der Waals surface area contributed by atoms with Crippen molar-refractivity contribution in [3.8, 4) is 0 Å². The highest BCUT2D eigenvalue weighted by atomic mass is 16.3. The third-order valence-electron chi connectivity index (χ3n) is 2.32. The van der Waals surface area contributed by atoms with Crippen molar-refractivity contribution in [3.05, 3.63) is 0 Å². The molecule has 3 nitrogen and oxygen atoms in total. The highest BCUT2D eigenvalue weighted by molar-refractivity contribution is 4.78. The van der Waals surface area contributed by atoms with E-state index in [4.69, 9.17) is 5.11 Å². The van der Waals surface area contributed by atoms with Gasteiger partial charge in [0.25, 0.3) is 0 Å². The Labute approximate surface area is 74.8 Å². The minimum Gasteiger partial charge on any atom is -0.390 e. The smallest absolute Gasteiger partial charge is 0.0794 e. The summed E-state index contributed by atoms with van der Waals surface area (Å²) in [6.45, 7) is 7.02. The molecule has 0 aromatic rings. The van der Waals surface area contributed by atoms with E-state index in [-0.39, 0.29) is 6.10 Å². The number of nitrogens with zero attached hydrogens (tertiary/aromatic N) is 1. The molecule has 0 radical (unpaired) electrons. The molecule has 0 bridgehead atoms. The number of aliphatic hydroxyl groups excluding tert-OH is 1. The first-order valence-corrected chi connectivity index (χ1v) is 4.86. The summed E-state index contributed by atoms with van der Waals surface area (Å²) >= 11 is 0. The first-order chi connectivity index (χ1) is 5.72. The molecule has 1 aliphatic heterocycles. The minimum atomic E-state index is -0.0757. The Morgan fingerprint density at radius 1 is 1.58 bits per heavy atom. The fourth-order valence-electron chi connectivity index (χ4n) is 1.49. The Kier molecular flexibility index (Phi) is 3.98. The summed E-state index contributed by atoms with van der Waals surface area (Å²) in [7, 11) is 0. The van der Waals surface area contributed by atoms with Gasteiger partial charge >= 0.3 is 0 Å². The van der Waals surface area contributed by atoms with E-state index in [0.717, 1.165) is 19.8 Å². The molecule has 1 unspecified atom stereocenters. The van der Waals surface area contributed by atoms with Crippen LogP contribution in [-0.2, 0) is 0 Å². The van der Waals surface area contributed by atoms with Crippen molar-refractivity contribution in [2.45, 2.75) is 38.8 Å². The maximum absolute atomic E-state index is 9.02. The molecule has 0 aliphatic carbocycles. The Morgan fingerprint density at radius 3 is 2.75 bits per heavy atom. The molecule has 0 aromatic heterocycles. The molecule has 2 N–H and O–H groups in total. The lowest BCUT2D eigenvalue weighted by Crippen LogP contribution is -2.54. The average molecular weight is 172 g/mol. The Hall–Kier alpha value is -0.120. The maximum Gasteiger partial charge on any atom is 0.0794 e. The second-order valence-electron chi connectivity index (χ2n) is 3.74. The third-order valence-corrected chi connectivity index (χ3v) is 2.32. The predicted molar refractivity (Wildman–Crippen MR) is 50.0 cm³/mol. The van der Waals surface area contributed by atoms with Gasteiger partial charge in [-0.3, -0.25) is 4.90 Å². The molecule has 1 rings (SSSR count). The van der Waals surface area contributed by atoms with Crippen LogP contribution in [-0.4, -0.2) is 41.9 Å². The molecule has 1 atom stereocenters. The molecule has 1 aliphatic rings. The lowest BCUT2D eigenvalue weighted by Gasteiger charge is -2.36. The van der Waals surface area contributed by atoms with E-state index < -0.39 is 0 Å². The summed E-state index contributed by atoms with van der Waals surface area (Å²) in [6, 6.07) is 0.604. The van der Waals surface area contributed by atoms with Crippen molar-refractivity contribution in [3.63, 3.8) is 0 Å². The predicted octanol–water partition coefficient (Wildman–Crippen LogP) is 0.399. The number of β-amino-alcohol motifs (C(OH)–C–C–N with tert-alkyl or cyclic N) is 1. The average Bonchev–Trinajstić information content (AvgIpc) is 1.96. The van der Waals surface area contributed by atoms with E-state index >= 15 is 0 Å². The zero-order chi connectivity index (χ0) is 8.97. The van der Waals surface area contributed by atoms with Crippen LogP contribution in [0.15, 0.2) is 0 Å². The zero-order valence-corrected chi connectivity index (χ0v) is 8.08. The number of rotatable bonds is 5. The molecule has 0 aromatic carbocycles. The first kappa shape index (κ1) is 9.96. The highest BCUT2D eigenvalue weighted by Gasteiger charge is 2.23. The van der Waals surface area contributed by atoms with Crippen LogP contribution in [0.4, 0.5) is 0 Å². The van der Waals surface area contributed by atoms with Crippen LogP contribution < -0.4 is 5.32 Å². The van der Waals surface area contributed by atoms with Gasteiger partial charge in [-0.1, -0.05) is 13.3 Å². The van der Waals surface area contributed by atoms with Gasteiger partial charge in [0.2, 0.25) is 0 Å². The van der Waals surface area contributed by atoms with Crippen molar-refractivity contribution >= 4 is 0 Å². The summed E-state index contributed by atoms with van der Waals surface area (Å²) in [5.41, 5.74) is 0. The molecular weight excluding hydrogens is 152 g/mol. The van der Waals surface area contributed by atoms with E-state index in [1.807, 2.05) is 0 Å². The van der Waals surface area contributed by atoms with Crippen LogP contribution in [0, 0.1) is 0 Å². The molecule has 0 saturated carbocycles. The minimum absolute atomic E-state index is 0.0757. The van der Waals surface area contributed by atoms with Crippen LogP contribution in [0.5, 0.6) is 0 Å². The van der Waals surface area contributed by atoms with Crippen LogP contribution in [0.3, 0.4) is 0 Å². The third kappa shape index (κ3) is 3.09. The Morgan fingerprint density at radius 2 is 2.25 bits per heavy atom. The van der Waals surface area contributed by atoms with Gasteiger partial charge in [-0.05, 0) is 13.3 Å². The summed E-state index contributed by atoms with van der Waals surface area (Å²) in [6.07, 6.45) is 2.39. The fourth-order valence-corrected chi connectivity index (χ4v) is 1.49. The van der Waals surface area contributed by atoms with Gasteiger partial charge < -0.3 is 10.4 Å². The van der Waals surface area contributed by atoms with Crippen LogP contribution in [0.25, 0.3) is 0 Å². The van der Waals surface area contributed by atoms with Crippen LogP contribution >= 0.6 is 0 Å². The van der Waals surface area contributed by atoms with Crippen molar-refractivity contribution in [2.75, 3.05) is 19.8 Å². The Bertz CT molecular complexity index is 119. The lowest BCUT2D eigenvalue weighted by molar-refractivity contribution is -0.00405. The number of hydrogen-bond acceptors (Lipinski definition) is 3.